The topological polar surface area (TPSA) is 6.48 Å². The van der Waals surface area contributed by atoms with E-state index in [0.717, 1.165) is 32.6 Å². The minimum atomic E-state index is 0.342. The molecule has 0 aliphatic carbocycles. The van der Waals surface area contributed by atoms with Crippen LogP contribution in [0.5, 0.6) is 0 Å². The Kier molecular flexibility index (Phi) is 6.20. The van der Waals surface area contributed by atoms with Gasteiger partial charge >= 0.3 is 0 Å². The summed E-state index contributed by atoms with van der Waals surface area (Å²) in [5, 5.41) is 0. The van der Waals surface area contributed by atoms with E-state index >= 15 is 0 Å². The first-order valence-corrected chi connectivity index (χ1v) is 10.4. The quantitative estimate of drug-likeness (QED) is 0.601. The molecule has 4 rings (SSSR count). The van der Waals surface area contributed by atoms with E-state index in [-0.39, 0.29) is 0 Å². The van der Waals surface area contributed by atoms with Crippen LogP contribution in [0.3, 0.4) is 0 Å². The van der Waals surface area contributed by atoms with E-state index in [9.17, 15) is 0 Å². The summed E-state index contributed by atoms with van der Waals surface area (Å²) in [4.78, 5) is 5.30. The molecule has 1 saturated heterocycles. The van der Waals surface area contributed by atoms with Crippen molar-refractivity contribution in [2.24, 2.45) is 0 Å². The summed E-state index contributed by atoms with van der Waals surface area (Å²) in [6.07, 6.45) is 1.13. The van der Waals surface area contributed by atoms with Crippen molar-refractivity contribution >= 4 is 0 Å². The molecule has 144 valence electrons. The standard InChI is InChI=1S/C26H30N2/c1-22(21-23-11-5-2-6-12-23)27-17-19-28(20-18-27)26(24-13-7-3-8-14-24)25-15-9-4-10-16-25/h2-16,22,26H,17-21H2,1H3. The Balaban J connectivity index is 1.44. The van der Waals surface area contributed by atoms with Crippen molar-refractivity contribution in [1.82, 2.24) is 9.80 Å². The largest absolute Gasteiger partial charge is 0.298 e. The van der Waals surface area contributed by atoms with E-state index in [0.29, 0.717) is 12.1 Å². The molecule has 1 unspecified atom stereocenters. The molecule has 0 aromatic heterocycles. The van der Waals surface area contributed by atoms with Crippen molar-refractivity contribution in [1.29, 1.82) is 0 Å². The van der Waals surface area contributed by atoms with Gasteiger partial charge in [0.05, 0.1) is 6.04 Å². The van der Waals surface area contributed by atoms with Crippen LogP contribution in [-0.2, 0) is 6.42 Å². The van der Waals surface area contributed by atoms with Crippen molar-refractivity contribution in [3.63, 3.8) is 0 Å². The summed E-state index contributed by atoms with van der Waals surface area (Å²) in [6.45, 7) is 6.84. The fourth-order valence-corrected chi connectivity index (χ4v) is 4.41. The molecule has 1 atom stereocenters. The molecular formula is C26H30N2. The highest BCUT2D eigenvalue weighted by Gasteiger charge is 2.27. The lowest BCUT2D eigenvalue weighted by Crippen LogP contribution is -2.51. The third-order valence-corrected chi connectivity index (χ3v) is 5.94. The molecule has 0 amide bonds. The van der Waals surface area contributed by atoms with E-state index in [1.807, 2.05) is 0 Å². The first-order valence-electron chi connectivity index (χ1n) is 10.4. The maximum absolute atomic E-state index is 2.65. The van der Waals surface area contributed by atoms with Gasteiger partial charge in [-0.25, -0.2) is 0 Å². The first kappa shape index (κ1) is 18.9. The van der Waals surface area contributed by atoms with Crippen LogP contribution in [-0.4, -0.2) is 42.0 Å². The lowest BCUT2D eigenvalue weighted by molar-refractivity contribution is 0.0840. The van der Waals surface area contributed by atoms with Gasteiger partial charge in [-0.05, 0) is 30.0 Å². The summed E-state index contributed by atoms with van der Waals surface area (Å²) in [5.41, 5.74) is 4.21. The first-order chi connectivity index (χ1) is 13.8. The number of nitrogens with zero attached hydrogens (tertiary/aromatic N) is 2. The van der Waals surface area contributed by atoms with E-state index < -0.39 is 0 Å². The molecule has 0 spiro atoms. The monoisotopic (exact) mass is 370 g/mol. The van der Waals surface area contributed by atoms with Crippen LogP contribution in [0, 0.1) is 0 Å². The Hall–Kier alpha value is -2.42. The predicted molar refractivity (Wildman–Crippen MR) is 117 cm³/mol. The van der Waals surface area contributed by atoms with Gasteiger partial charge in [-0.3, -0.25) is 9.80 Å². The molecule has 28 heavy (non-hydrogen) atoms. The zero-order valence-corrected chi connectivity index (χ0v) is 16.7. The van der Waals surface area contributed by atoms with Gasteiger partial charge in [0.15, 0.2) is 0 Å². The average Bonchev–Trinajstić information content (AvgIpc) is 2.77. The molecule has 1 heterocycles. The predicted octanol–water partition coefficient (Wildman–Crippen LogP) is 5.02. The van der Waals surface area contributed by atoms with E-state index in [1.54, 1.807) is 0 Å². The molecule has 2 heteroatoms. The fourth-order valence-electron chi connectivity index (χ4n) is 4.41. The number of hydrogen-bond acceptors (Lipinski definition) is 2. The van der Waals surface area contributed by atoms with Crippen molar-refractivity contribution in [3.8, 4) is 0 Å². The lowest BCUT2D eigenvalue weighted by Gasteiger charge is -2.42. The second-order valence-corrected chi connectivity index (χ2v) is 7.83. The van der Waals surface area contributed by atoms with Crippen LogP contribution in [0.15, 0.2) is 91.0 Å². The normalized spacial score (nSPS) is 16.9. The molecule has 1 aliphatic heterocycles. The van der Waals surface area contributed by atoms with Gasteiger partial charge in [0.2, 0.25) is 0 Å². The van der Waals surface area contributed by atoms with Crippen molar-refractivity contribution in [2.75, 3.05) is 26.2 Å². The number of piperazine rings is 1. The Bertz CT molecular complexity index is 785. The Morgan fingerprint density at radius 3 is 1.54 bits per heavy atom. The van der Waals surface area contributed by atoms with Crippen LogP contribution >= 0.6 is 0 Å². The highest BCUT2D eigenvalue weighted by Crippen LogP contribution is 2.29. The van der Waals surface area contributed by atoms with Gasteiger partial charge in [0, 0.05) is 32.2 Å². The maximum atomic E-state index is 2.65. The summed E-state index contributed by atoms with van der Waals surface area (Å²) in [6, 6.07) is 33.7. The molecule has 1 fully saturated rings. The van der Waals surface area contributed by atoms with Crippen LogP contribution in [0.4, 0.5) is 0 Å². The maximum Gasteiger partial charge on any atom is 0.0602 e. The molecule has 3 aromatic carbocycles. The van der Waals surface area contributed by atoms with Crippen LogP contribution in [0.1, 0.15) is 29.7 Å². The van der Waals surface area contributed by atoms with Crippen molar-refractivity contribution in [3.05, 3.63) is 108 Å². The van der Waals surface area contributed by atoms with Crippen LogP contribution < -0.4 is 0 Å². The van der Waals surface area contributed by atoms with Crippen LogP contribution in [0.2, 0.25) is 0 Å². The smallest absolute Gasteiger partial charge is 0.0602 e. The molecule has 0 N–H and O–H groups in total. The molecule has 0 bridgehead atoms. The minimum absolute atomic E-state index is 0.342. The number of rotatable bonds is 6. The SMILES string of the molecule is CC(Cc1ccccc1)N1CCN(C(c2ccccc2)c2ccccc2)CC1. The Morgan fingerprint density at radius 1 is 0.607 bits per heavy atom. The minimum Gasteiger partial charge on any atom is -0.298 e. The van der Waals surface area contributed by atoms with E-state index in [1.165, 1.54) is 16.7 Å². The molecule has 2 nitrogen and oxygen atoms in total. The lowest BCUT2D eigenvalue weighted by atomic mass is 9.96. The Labute approximate surface area is 169 Å². The Morgan fingerprint density at radius 2 is 1.04 bits per heavy atom. The summed E-state index contributed by atoms with van der Waals surface area (Å²) >= 11 is 0. The van der Waals surface area contributed by atoms with Crippen molar-refractivity contribution < 1.29 is 0 Å². The summed E-state index contributed by atoms with van der Waals surface area (Å²) in [5.74, 6) is 0. The van der Waals surface area contributed by atoms with Crippen molar-refractivity contribution in [2.45, 2.75) is 25.4 Å². The second kappa shape index (κ2) is 9.18. The molecule has 3 aromatic rings. The highest BCUT2D eigenvalue weighted by atomic mass is 15.3. The zero-order chi connectivity index (χ0) is 19.2. The van der Waals surface area contributed by atoms with Gasteiger partial charge in [-0.15, -0.1) is 0 Å². The molecule has 1 aliphatic rings. The third-order valence-electron chi connectivity index (χ3n) is 5.94. The zero-order valence-electron chi connectivity index (χ0n) is 16.7. The molecular weight excluding hydrogens is 340 g/mol. The van der Waals surface area contributed by atoms with Gasteiger partial charge in [-0.2, -0.15) is 0 Å². The number of hydrogen-bond donors (Lipinski definition) is 0. The average molecular weight is 371 g/mol. The van der Waals surface area contributed by atoms with Gasteiger partial charge in [0.1, 0.15) is 0 Å². The van der Waals surface area contributed by atoms with Gasteiger partial charge < -0.3 is 0 Å². The molecule has 0 radical (unpaired) electrons. The summed E-state index contributed by atoms with van der Waals surface area (Å²) < 4.78 is 0. The second-order valence-electron chi connectivity index (χ2n) is 7.83. The highest BCUT2D eigenvalue weighted by molar-refractivity contribution is 5.32. The van der Waals surface area contributed by atoms with Gasteiger partial charge in [-0.1, -0.05) is 91.0 Å². The fraction of sp³-hybridized carbons (Fsp3) is 0.308. The third kappa shape index (κ3) is 4.52. The van der Waals surface area contributed by atoms with E-state index in [2.05, 4.69) is 108 Å². The summed E-state index contributed by atoms with van der Waals surface area (Å²) in [7, 11) is 0. The van der Waals surface area contributed by atoms with E-state index in [4.69, 9.17) is 0 Å². The van der Waals surface area contributed by atoms with Crippen LogP contribution in [0.25, 0.3) is 0 Å². The van der Waals surface area contributed by atoms with Gasteiger partial charge in [0.25, 0.3) is 0 Å². The molecule has 0 saturated carbocycles. The number of benzene rings is 3.